The van der Waals surface area contributed by atoms with E-state index < -0.39 is 0 Å². The van der Waals surface area contributed by atoms with Crippen LogP contribution in [0.2, 0.25) is 0 Å². The van der Waals surface area contributed by atoms with Gasteiger partial charge in [0.1, 0.15) is 10.7 Å². The number of carbonyl (C=O) groups is 1. The van der Waals surface area contributed by atoms with Gasteiger partial charge in [-0.1, -0.05) is 11.3 Å². The number of hydrogen-bond donors (Lipinski definition) is 2. The molecule has 112 valence electrons. The second-order valence-electron chi connectivity index (χ2n) is 5.25. The van der Waals surface area contributed by atoms with E-state index in [1.54, 1.807) is 7.11 Å². The van der Waals surface area contributed by atoms with Crippen LogP contribution < -0.4 is 11.1 Å². The summed E-state index contributed by atoms with van der Waals surface area (Å²) in [6, 6.07) is 0. The molecule has 1 aliphatic heterocycles. The molecule has 3 N–H and O–H groups in total. The van der Waals surface area contributed by atoms with E-state index in [0.29, 0.717) is 22.4 Å². The number of carbonyl (C=O) groups excluding carboxylic acids is 1. The molecule has 0 spiro atoms. The van der Waals surface area contributed by atoms with Crippen LogP contribution in [0.5, 0.6) is 0 Å². The Bertz CT molecular complexity index is 491. The topological polar surface area (TPSA) is 80.5 Å². The quantitative estimate of drug-likeness (QED) is 0.886. The molecule has 2 rings (SSSR count). The SMILES string of the molecule is CCNc1nc(N)c(C(=O)N2CCCC(C)(OC)C2)s1. The molecule has 1 unspecified atom stereocenters. The summed E-state index contributed by atoms with van der Waals surface area (Å²) in [5.74, 6) is 0.257. The Morgan fingerprint density at radius 2 is 2.40 bits per heavy atom. The lowest BCUT2D eigenvalue weighted by atomic mass is 9.94. The first kappa shape index (κ1) is 15.1. The summed E-state index contributed by atoms with van der Waals surface area (Å²) >= 11 is 1.31. The Morgan fingerprint density at radius 1 is 1.65 bits per heavy atom. The third-order valence-corrected chi connectivity index (χ3v) is 4.63. The lowest BCUT2D eigenvalue weighted by molar-refractivity contribution is -0.0438. The zero-order chi connectivity index (χ0) is 14.8. The maximum atomic E-state index is 12.6. The zero-order valence-electron chi connectivity index (χ0n) is 12.2. The van der Waals surface area contributed by atoms with Gasteiger partial charge in [-0.05, 0) is 26.7 Å². The lowest BCUT2D eigenvalue weighted by Crippen LogP contribution is -2.49. The van der Waals surface area contributed by atoms with E-state index in [1.165, 1.54) is 11.3 Å². The van der Waals surface area contributed by atoms with E-state index in [1.807, 2.05) is 18.7 Å². The second-order valence-corrected chi connectivity index (χ2v) is 6.25. The van der Waals surface area contributed by atoms with Gasteiger partial charge in [-0.3, -0.25) is 4.79 Å². The maximum Gasteiger partial charge on any atom is 0.267 e. The van der Waals surface area contributed by atoms with E-state index in [-0.39, 0.29) is 11.5 Å². The highest BCUT2D eigenvalue weighted by molar-refractivity contribution is 7.18. The average Bonchev–Trinajstić information content (AvgIpc) is 2.79. The first-order valence-electron chi connectivity index (χ1n) is 6.83. The monoisotopic (exact) mass is 298 g/mol. The predicted octanol–water partition coefficient (Wildman–Crippen LogP) is 1.80. The Labute approximate surface area is 123 Å². The predicted molar refractivity (Wildman–Crippen MR) is 81.2 cm³/mol. The van der Waals surface area contributed by atoms with Crippen LogP contribution in [0.3, 0.4) is 0 Å². The van der Waals surface area contributed by atoms with Crippen LogP contribution in [0.1, 0.15) is 36.4 Å². The Balaban J connectivity index is 2.14. The normalized spacial score (nSPS) is 22.9. The van der Waals surface area contributed by atoms with Gasteiger partial charge in [0.25, 0.3) is 5.91 Å². The summed E-state index contributed by atoms with van der Waals surface area (Å²) in [6.45, 7) is 6.11. The molecule has 1 saturated heterocycles. The number of rotatable bonds is 4. The number of ether oxygens (including phenoxy) is 1. The van der Waals surface area contributed by atoms with Crippen LogP contribution in [0, 0.1) is 0 Å². The largest absolute Gasteiger partial charge is 0.382 e. The fourth-order valence-corrected chi connectivity index (χ4v) is 3.32. The van der Waals surface area contributed by atoms with Gasteiger partial charge in [0.2, 0.25) is 0 Å². The molecule has 0 bridgehead atoms. The zero-order valence-corrected chi connectivity index (χ0v) is 13.0. The summed E-state index contributed by atoms with van der Waals surface area (Å²) in [7, 11) is 1.69. The van der Waals surface area contributed by atoms with E-state index in [0.717, 1.165) is 25.9 Å². The van der Waals surface area contributed by atoms with E-state index >= 15 is 0 Å². The first-order valence-corrected chi connectivity index (χ1v) is 7.65. The molecule has 1 amide bonds. The van der Waals surface area contributed by atoms with Crippen molar-refractivity contribution in [3.8, 4) is 0 Å². The average molecular weight is 298 g/mol. The van der Waals surface area contributed by atoms with Gasteiger partial charge >= 0.3 is 0 Å². The fraction of sp³-hybridized carbons (Fsp3) is 0.692. The molecule has 1 fully saturated rings. The molecule has 0 aromatic carbocycles. The Morgan fingerprint density at radius 3 is 3.05 bits per heavy atom. The molecule has 1 atom stereocenters. The number of nitrogens with two attached hydrogens (primary N) is 1. The van der Waals surface area contributed by atoms with E-state index in [2.05, 4.69) is 10.3 Å². The molecular weight excluding hydrogens is 276 g/mol. The third-order valence-electron chi connectivity index (χ3n) is 3.61. The highest BCUT2D eigenvalue weighted by Crippen LogP contribution is 2.30. The smallest absolute Gasteiger partial charge is 0.267 e. The molecule has 7 heteroatoms. The molecule has 2 heterocycles. The van der Waals surface area contributed by atoms with Gasteiger partial charge in [-0.25, -0.2) is 4.98 Å². The van der Waals surface area contributed by atoms with Crippen molar-refractivity contribution >= 4 is 28.2 Å². The number of aromatic nitrogens is 1. The molecule has 6 nitrogen and oxygen atoms in total. The number of amides is 1. The van der Waals surface area contributed by atoms with Crippen LogP contribution in [0.25, 0.3) is 0 Å². The van der Waals surface area contributed by atoms with Crippen LogP contribution in [0.4, 0.5) is 10.9 Å². The van der Waals surface area contributed by atoms with Crippen molar-refractivity contribution in [1.82, 2.24) is 9.88 Å². The van der Waals surface area contributed by atoms with Gasteiger partial charge in [0, 0.05) is 26.7 Å². The highest BCUT2D eigenvalue weighted by atomic mass is 32.1. The number of piperidine rings is 1. The molecule has 1 aliphatic rings. The summed E-state index contributed by atoms with van der Waals surface area (Å²) in [4.78, 5) is 19.1. The van der Waals surface area contributed by atoms with Gasteiger partial charge in [0.15, 0.2) is 5.13 Å². The van der Waals surface area contributed by atoms with Gasteiger partial charge in [-0.2, -0.15) is 0 Å². The summed E-state index contributed by atoms with van der Waals surface area (Å²) in [5.41, 5.74) is 5.59. The number of nitrogen functional groups attached to an aromatic ring is 1. The number of methoxy groups -OCH3 is 1. The molecule has 20 heavy (non-hydrogen) atoms. The molecule has 1 aromatic rings. The lowest BCUT2D eigenvalue weighted by Gasteiger charge is -2.39. The summed E-state index contributed by atoms with van der Waals surface area (Å²) < 4.78 is 5.52. The van der Waals surface area contributed by atoms with E-state index in [9.17, 15) is 4.79 Å². The van der Waals surface area contributed by atoms with Crippen LogP contribution >= 0.6 is 11.3 Å². The minimum atomic E-state index is -0.266. The summed E-state index contributed by atoms with van der Waals surface area (Å²) in [5, 5.41) is 3.78. The first-order chi connectivity index (χ1) is 9.49. The Kier molecular flexibility index (Phi) is 4.49. The highest BCUT2D eigenvalue weighted by Gasteiger charge is 2.34. The van der Waals surface area contributed by atoms with Gasteiger partial charge in [-0.15, -0.1) is 0 Å². The van der Waals surface area contributed by atoms with Crippen molar-refractivity contribution in [2.24, 2.45) is 0 Å². The van der Waals surface area contributed by atoms with Crippen molar-refractivity contribution in [2.75, 3.05) is 37.8 Å². The molecule has 1 aromatic heterocycles. The summed E-state index contributed by atoms with van der Waals surface area (Å²) in [6.07, 6.45) is 1.91. The Hall–Kier alpha value is -1.34. The van der Waals surface area contributed by atoms with Crippen molar-refractivity contribution in [3.05, 3.63) is 4.88 Å². The number of thiazole rings is 1. The van der Waals surface area contributed by atoms with Crippen LogP contribution in [-0.4, -0.2) is 48.1 Å². The molecule has 0 aliphatic carbocycles. The van der Waals surface area contributed by atoms with Crippen molar-refractivity contribution < 1.29 is 9.53 Å². The number of hydrogen-bond acceptors (Lipinski definition) is 6. The minimum Gasteiger partial charge on any atom is -0.382 e. The molecular formula is C13H22N4O2S. The number of likely N-dealkylation sites (tertiary alicyclic amines) is 1. The standard InChI is InChI=1S/C13H22N4O2S/c1-4-15-12-16-10(14)9(20-12)11(18)17-7-5-6-13(2,8-17)19-3/h4-8,14H2,1-3H3,(H,15,16). The number of anilines is 2. The molecule has 0 saturated carbocycles. The van der Waals surface area contributed by atoms with Gasteiger partial charge < -0.3 is 20.7 Å². The van der Waals surface area contributed by atoms with Gasteiger partial charge in [0.05, 0.1) is 5.60 Å². The maximum absolute atomic E-state index is 12.6. The van der Waals surface area contributed by atoms with E-state index in [4.69, 9.17) is 10.5 Å². The van der Waals surface area contributed by atoms with Crippen molar-refractivity contribution in [1.29, 1.82) is 0 Å². The fourth-order valence-electron chi connectivity index (χ4n) is 2.40. The van der Waals surface area contributed by atoms with Crippen LogP contribution in [0.15, 0.2) is 0 Å². The number of nitrogens with zero attached hydrogens (tertiary/aromatic N) is 2. The minimum absolute atomic E-state index is 0.0490. The molecule has 0 radical (unpaired) electrons. The number of nitrogens with one attached hydrogen (secondary N) is 1. The third kappa shape index (κ3) is 3.04. The van der Waals surface area contributed by atoms with Crippen molar-refractivity contribution in [3.63, 3.8) is 0 Å². The van der Waals surface area contributed by atoms with Crippen molar-refractivity contribution in [2.45, 2.75) is 32.3 Å². The van der Waals surface area contributed by atoms with Crippen LogP contribution in [-0.2, 0) is 4.74 Å². The second kappa shape index (κ2) is 5.97.